The largest absolute Gasteiger partial charge is 0.445 e. The van der Waals surface area contributed by atoms with E-state index in [9.17, 15) is 18.7 Å². The predicted octanol–water partition coefficient (Wildman–Crippen LogP) is 2.99. The number of alkyl halides is 2. The fourth-order valence-electron chi connectivity index (χ4n) is 2.13. The summed E-state index contributed by atoms with van der Waals surface area (Å²) in [7, 11) is 0. The molecule has 9 heteroatoms. The second-order valence-electron chi connectivity index (χ2n) is 5.71. The number of halogens is 2. The van der Waals surface area contributed by atoms with Gasteiger partial charge in [-0.3, -0.25) is 0 Å². The molecule has 0 radical (unpaired) electrons. The number of alkyl carbamates (subject to hydrolysis) is 1. The summed E-state index contributed by atoms with van der Waals surface area (Å²) in [6.07, 6.45) is -5.10. The number of rotatable bonds is 7. The minimum absolute atomic E-state index is 0.0608. The summed E-state index contributed by atoms with van der Waals surface area (Å²) in [5, 5.41) is 16.1. The quantitative estimate of drug-likeness (QED) is 0.792. The van der Waals surface area contributed by atoms with Crippen molar-refractivity contribution in [3.8, 4) is 0 Å². The number of carbonyl (C=O) groups is 1. The van der Waals surface area contributed by atoms with E-state index in [0.29, 0.717) is 0 Å². The molecule has 0 fully saturated rings. The number of hydrogen-bond acceptors (Lipinski definition) is 6. The van der Waals surface area contributed by atoms with E-state index in [2.05, 4.69) is 20.0 Å². The number of ether oxygens (including phenoxy) is 1. The number of nitrogens with zero attached hydrogens (tertiary/aromatic N) is 2. The summed E-state index contributed by atoms with van der Waals surface area (Å²) in [4.78, 5) is 15.4. The molecule has 25 heavy (non-hydrogen) atoms. The maximum absolute atomic E-state index is 12.5. The van der Waals surface area contributed by atoms with E-state index in [0.717, 1.165) is 5.56 Å². The highest BCUT2D eigenvalue weighted by atomic mass is 19.3. The molecule has 136 valence electrons. The fourth-order valence-corrected chi connectivity index (χ4v) is 2.13. The first-order valence-corrected chi connectivity index (χ1v) is 7.65. The first-order valence-electron chi connectivity index (χ1n) is 7.65. The lowest BCUT2D eigenvalue weighted by Crippen LogP contribution is -2.43. The lowest BCUT2D eigenvalue weighted by Gasteiger charge is -2.25. The van der Waals surface area contributed by atoms with E-state index in [1.807, 2.05) is 18.2 Å². The van der Waals surface area contributed by atoms with Crippen LogP contribution in [0.1, 0.15) is 43.7 Å². The monoisotopic (exact) mass is 355 g/mol. The Bertz CT molecular complexity index is 679. The highest BCUT2D eigenvalue weighted by Crippen LogP contribution is 2.23. The average Bonchev–Trinajstić information content (AvgIpc) is 3.08. The summed E-state index contributed by atoms with van der Waals surface area (Å²) < 4.78 is 34.5. The molecule has 0 spiro atoms. The third-order valence-corrected chi connectivity index (χ3v) is 3.46. The standard InChI is InChI=1S/C16H19F2N3O4/c1-9(2)11(12(22)14-20-15(13(17)18)25-21-14)19-16(23)24-8-10-6-4-3-5-7-10/h3-7,9,11-13,22H,8H2,1-2H3,(H,19,23)/t11-,12?/m0/s1. The Morgan fingerprint density at radius 3 is 2.56 bits per heavy atom. The van der Waals surface area contributed by atoms with E-state index in [1.165, 1.54) is 0 Å². The third-order valence-electron chi connectivity index (χ3n) is 3.46. The number of carbonyl (C=O) groups excluding carboxylic acids is 1. The van der Waals surface area contributed by atoms with Crippen LogP contribution in [0, 0.1) is 5.92 Å². The normalized spacial score (nSPS) is 13.7. The molecule has 1 aromatic heterocycles. The SMILES string of the molecule is CC(C)[C@H](NC(=O)OCc1ccccc1)C(O)c1noc(C(F)F)n1. The molecule has 2 aromatic rings. The second kappa shape index (κ2) is 8.52. The number of aliphatic hydroxyl groups is 1. The number of nitrogens with one attached hydrogen (secondary N) is 1. The van der Waals surface area contributed by atoms with Gasteiger partial charge in [-0.25, -0.2) is 4.79 Å². The van der Waals surface area contributed by atoms with Gasteiger partial charge in [-0.05, 0) is 11.5 Å². The Balaban J connectivity index is 1.98. The van der Waals surface area contributed by atoms with Crippen LogP contribution in [0.4, 0.5) is 13.6 Å². The smallest absolute Gasteiger partial charge is 0.407 e. The van der Waals surface area contributed by atoms with Gasteiger partial charge in [0.15, 0.2) is 0 Å². The van der Waals surface area contributed by atoms with E-state index in [1.54, 1.807) is 26.0 Å². The van der Waals surface area contributed by atoms with Gasteiger partial charge in [0.2, 0.25) is 5.82 Å². The van der Waals surface area contributed by atoms with Crippen molar-refractivity contribution in [3.05, 3.63) is 47.6 Å². The van der Waals surface area contributed by atoms with Gasteiger partial charge < -0.3 is 19.7 Å². The van der Waals surface area contributed by atoms with E-state index in [-0.39, 0.29) is 18.3 Å². The number of hydrogen-bond donors (Lipinski definition) is 2. The predicted molar refractivity (Wildman–Crippen MR) is 82.6 cm³/mol. The number of amides is 1. The van der Waals surface area contributed by atoms with Crippen LogP contribution < -0.4 is 5.32 Å². The molecule has 2 N–H and O–H groups in total. The fraction of sp³-hybridized carbons (Fsp3) is 0.438. The lowest BCUT2D eigenvalue weighted by atomic mass is 9.98. The van der Waals surface area contributed by atoms with Gasteiger partial charge in [0.25, 0.3) is 5.89 Å². The van der Waals surface area contributed by atoms with Crippen molar-refractivity contribution in [1.29, 1.82) is 0 Å². The molecule has 7 nitrogen and oxygen atoms in total. The van der Waals surface area contributed by atoms with Crippen molar-refractivity contribution < 1.29 is 27.9 Å². The Morgan fingerprint density at radius 2 is 2.00 bits per heavy atom. The van der Waals surface area contributed by atoms with Crippen LogP contribution in [0.15, 0.2) is 34.9 Å². The molecule has 0 bridgehead atoms. The Hall–Kier alpha value is -2.55. The van der Waals surface area contributed by atoms with Gasteiger partial charge in [-0.1, -0.05) is 49.3 Å². The van der Waals surface area contributed by atoms with Crippen molar-refractivity contribution in [3.63, 3.8) is 0 Å². The maximum Gasteiger partial charge on any atom is 0.407 e. The highest BCUT2D eigenvalue weighted by Gasteiger charge is 2.31. The number of benzene rings is 1. The van der Waals surface area contributed by atoms with Crippen molar-refractivity contribution >= 4 is 6.09 Å². The molecular weight excluding hydrogens is 336 g/mol. The van der Waals surface area contributed by atoms with Gasteiger partial charge in [0.1, 0.15) is 12.7 Å². The summed E-state index contributed by atoms with van der Waals surface area (Å²) in [6.45, 7) is 3.53. The minimum atomic E-state index is -2.94. The van der Waals surface area contributed by atoms with Crippen molar-refractivity contribution in [2.75, 3.05) is 0 Å². The first kappa shape index (κ1) is 18.8. The molecule has 2 rings (SSSR count). The van der Waals surface area contributed by atoms with Crippen LogP contribution in [-0.2, 0) is 11.3 Å². The van der Waals surface area contributed by atoms with Gasteiger partial charge in [0, 0.05) is 0 Å². The van der Waals surface area contributed by atoms with Crippen LogP contribution in [0.5, 0.6) is 0 Å². The molecule has 0 aliphatic rings. The van der Waals surface area contributed by atoms with E-state index < -0.39 is 30.6 Å². The number of aliphatic hydroxyl groups excluding tert-OH is 1. The average molecular weight is 355 g/mol. The van der Waals surface area contributed by atoms with Gasteiger partial charge in [0.05, 0.1) is 6.04 Å². The zero-order valence-corrected chi connectivity index (χ0v) is 13.7. The van der Waals surface area contributed by atoms with Crippen LogP contribution in [-0.4, -0.2) is 27.4 Å². The van der Waals surface area contributed by atoms with Gasteiger partial charge in [-0.2, -0.15) is 13.8 Å². The molecule has 0 saturated heterocycles. The van der Waals surface area contributed by atoms with Crippen LogP contribution in [0.3, 0.4) is 0 Å². The second-order valence-corrected chi connectivity index (χ2v) is 5.71. The van der Waals surface area contributed by atoms with E-state index in [4.69, 9.17) is 4.74 Å². The molecule has 2 atom stereocenters. The van der Waals surface area contributed by atoms with Crippen molar-refractivity contribution in [1.82, 2.24) is 15.5 Å². The Labute approximate surface area is 143 Å². The summed E-state index contributed by atoms with van der Waals surface area (Å²) in [5.41, 5.74) is 0.805. The molecule has 0 saturated carbocycles. The molecule has 1 unspecified atom stereocenters. The Kier molecular flexibility index (Phi) is 6.40. The van der Waals surface area contributed by atoms with Gasteiger partial charge >= 0.3 is 12.5 Å². The number of aromatic nitrogens is 2. The molecule has 1 heterocycles. The summed E-state index contributed by atoms with van der Waals surface area (Å²) in [5.74, 6) is -1.45. The zero-order chi connectivity index (χ0) is 18.4. The van der Waals surface area contributed by atoms with E-state index >= 15 is 0 Å². The van der Waals surface area contributed by atoms with Crippen LogP contribution in [0.2, 0.25) is 0 Å². The van der Waals surface area contributed by atoms with Gasteiger partial charge in [-0.15, -0.1) is 0 Å². The molecule has 0 aliphatic carbocycles. The summed E-state index contributed by atoms with van der Waals surface area (Å²) >= 11 is 0. The summed E-state index contributed by atoms with van der Waals surface area (Å²) in [6, 6.07) is 8.22. The lowest BCUT2D eigenvalue weighted by molar-refractivity contribution is 0.0794. The molecule has 1 aromatic carbocycles. The Morgan fingerprint density at radius 1 is 1.32 bits per heavy atom. The topological polar surface area (TPSA) is 97.5 Å². The zero-order valence-electron chi connectivity index (χ0n) is 13.7. The highest BCUT2D eigenvalue weighted by molar-refractivity contribution is 5.67. The first-order chi connectivity index (χ1) is 11.9. The maximum atomic E-state index is 12.5. The molecular formula is C16H19F2N3O4. The minimum Gasteiger partial charge on any atom is -0.445 e. The van der Waals surface area contributed by atoms with Crippen molar-refractivity contribution in [2.45, 2.75) is 39.0 Å². The van der Waals surface area contributed by atoms with Crippen LogP contribution in [0.25, 0.3) is 0 Å². The van der Waals surface area contributed by atoms with Crippen LogP contribution >= 0.6 is 0 Å². The molecule has 0 aliphatic heterocycles. The van der Waals surface area contributed by atoms with Crippen molar-refractivity contribution in [2.24, 2.45) is 5.92 Å². The molecule has 1 amide bonds. The third kappa shape index (κ3) is 5.21.